The molecule has 0 unspecified atom stereocenters. The summed E-state index contributed by atoms with van der Waals surface area (Å²) in [5.41, 5.74) is 0.991. The summed E-state index contributed by atoms with van der Waals surface area (Å²) in [4.78, 5) is 12.7. The molecule has 4 nitrogen and oxygen atoms in total. The van der Waals surface area contributed by atoms with Gasteiger partial charge in [-0.3, -0.25) is 0 Å². The number of nitrogens with one attached hydrogen (secondary N) is 1. The Labute approximate surface area is 110 Å². The predicted octanol–water partition coefficient (Wildman–Crippen LogP) is 3.59. The Morgan fingerprint density at radius 1 is 1.12 bits per heavy atom. The lowest BCUT2D eigenvalue weighted by atomic mass is 10.3. The van der Waals surface area contributed by atoms with Crippen LogP contribution in [0.5, 0.6) is 0 Å². The number of benzene rings is 1. The number of halogens is 1. The first kappa shape index (κ1) is 10.6. The summed E-state index contributed by atoms with van der Waals surface area (Å²) >= 11 is 4.84. The molecule has 6 heteroatoms. The number of anilines is 2. The van der Waals surface area contributed by atoms with E-state index in [2.05, 4.69) is 36.2 Å². The highest BCUT2D eigenvalue weighted by Gasteiger charge is 2.03. The van der Waals surface area contributed by atoms with Gasteiger partial charge in [-0.05, 0) is 28.1 Å². The van der Waals surface area contributed by atoms with Crippen LogP contribution in [0.25, 0.3) is 10.2 Å². The monoisotopic (exact) mass is 306 g/mol. The first-order chi connectivity index (χ1) is 8.31. The van der Waals surface area contributed by atoms with Crippen molar-refractivity contribution in [3.05, 3.63) is 41.3 Å². The highest BCUT2D eigenvalue weighted by Crippen LogP contribution is 2.27. The molecule has 1 aromatic carbocycles. The highest BCUT2D eigenvalue weighted by molar-refractivity contribution is 9.10. The Morgan fingerprint density at radius 3 is 2.76 bits per heavy atom. The minimum Gasteiger partial charge on any atom is -0.315 e. The van der Waals surface area contributed by atoms with Crippen LogP contribution in [0.1, 0.15) is 0 Å². The van der Waals surface area contributed by atoms with Gasteiger partial charge in [-0.1, -0.05) is 23.5 Å². The molecule has 0 aliphatic heterocycles. The van der Waals surface area contributed by atoms with Crippen molar-refractivity contribution in [1.29, 1.82) is 0 Å². The molecule has 0 spiro atoms. The first-order valence-electron chi connectivity index (χ1n) is 4.91. The molecule has 0 fully saturated rings. The summed E-state index contributed by atoms with van der Waals surface area (Å²) in [5.74, 6) is 0.687. The van der Waals surface area contributed by atoms with Gasteiger partial charge < -0.3 is 5.32 Å². The summed E-state index contributed by atoms with van der Waals surface area (Å²) in [5, 5.41) is 3.96. The summed E-state index contributed by atoms with van der Waals surface area (Å²) in [6, 6.07) is 8.02. The van der Waals surface area contributed by atoms with E-state index >= 15 is 0 Å². The summed E-state index contributed by atoms with van der Waals surface area (Å²) < 4.78 is 1.87. The van der Waals surface area contributed by atoms with Gasteiger partial charge in [0.25, 0.3) is 0 Å². The number of nitrogens with zero attached hydrogens (tertiary/aromatic N) is 3. The van der Waals surface area contributed by atoms with E-state index < -0.39 is 0 Å². The van der Waals surface area contributed by atoms with Gasteiger partial charge in [0.15, 0.2) is 10.9 Å². The van der Waals surface area contributed by atoms with Gasteiger partial charge in [0.2, 0.25) is 0 Å². The molecule has 0 aliphatic carbocycles. The number of rotatable bonds is 2. The largest absolute Gasteiger partial charge is 0.315 e. The molecule has 0 aliphatic rings. The topological polar surface area (TPSA) is 50.7 Å². The van der Waals surface area contributed by atoms with Gasteiger partial charge in [0, 0.05) is 0 Å². The van der Waals surface area contributed by atoms with E-state index in [9.17, 15) is 0 Å². The number of hydrogen-bond acceptors (Lipinski definition) is 5. The Morgan fingerprint density at radius 2 is 2.00 bits per heavy atom. The maximum Gasteiger partial charge on any atom is 0.189 e. The standard InChI is InChI=1S/C11H7BrN4S/c12-9-5-14-10(6-13-9)16-11-15-7-3-1-2-4-8(7)17-11/h1-6H,(H,14,15,16). The molecule has 2 heterocycles. The van der Waals surface area contributed by atoms with E-state index in [1.165, 1.54) is 0 Å². The minimum atomic E-state index is 0.687. The Balaban J connectivity index is 1.92. The minimum absolute atomic E-state index is 0.687. The van der Waals surface area contributed by atoms with Gasteiger partial charge in [0.1, 0.15) is 4.60 Å². The molecule has 3 rings (SSSR count). The highest BCUT2D eigenvalue weighted by atomic mass is 79.9. The van der Waals surface area contributed by atoms with Gasteiger partial charge >= 0.3 is 0 Å². The molecule has 1 N–H and O–H groups in total. The van der Waals surface area contributed by atoms with Crippen LogP contribution in [-0.2, 0) is 0 Å². The lowest BCUT2D eigenvalue weighted by molar-refractivity contribution is 1.16. The third-order valence-electron chi connectivity index (χ3n) is 2.15. The van der Waals surface area contributed by atoms with Crippen molar-refractivity contribution >= 4 is 48.4 Å². The van der Waals surface area contributed by atoms with Crippen molar-refractivity contribution in [1.82, 2.24) is 15.0 Å². The fourth-order valence-electron chi connectivity index (χ4n) is 1.41. The average Bonchev–Trinajstić information content (AvgIpc) is 2.74. The molecule has 0 radical (unpaired) electrons. The molecule has 0 saturated heterocycles. The Kier molecular flexibility index (Phi) is 2.74. The van der Waals surface area contributed by atoms with Crippen LogP contribution in [0, 0.1) is 0 Å². The van der Waals surface area contributed by atoms with Gasteiger partial charge in [-0.25, -0.2) is 15.0 Å². The van der Waals surface area contributed by atoms with Crippen LogP contribution in [0.2, 0.25) is 0 Å². The molecule has 0 bridgehead atoms. The van der Waals surface area contributed by atoms with Gasteiger partial charge in [-0.2, -0.15) is 0 Å². The van der Waals surface area contributed by atoms with Crippen molar-refractivity contribution in [2.24, 2.45) is 0 Å². The predicted molar refractivity (Wildman–Crippen MR) is 72.6 cm³/mol. The molecular formula is C11H7BrN4S. The number of para-hydroxylation sites is 1. The number of fused-ring (bicyclic) bond motifs is 1. The molecule has 0 saturated carbocycles. The second kappa shape index (κ2) is 4.38. The molecule has 84 valence electrons. The van der Waals surface area contributed by atoms with Gasteiger partial charge in [0.05, 0.1) is 22.6 Å². The average molecular weight is 307 g/mol. The zero-order chi connectivity index (χ0) is 11.7. The van der Waals surface area contributed by atoms with Crippen molar-refractivity contribution in [3.8, 4) is 0 Å². The van der Waals surface area contributed by atoms with E-state index in [0.29, 0.717) is 10.4 Å². The molecule has 3 aromatic rings. The second-order valence-corrected chi connectivity index (χ2v) is 5.18. The smallest absolute Gasteiger partial charge is 0.189 e. The quantitative estimate of drug-likeness (QED) is 0.786. The lowest BCUT2D eigenvalue weighted by Gasteiger charge is -1.99. The Bertz CT molecular complexity index is 617. The van der Waals surface area contributed by atoms with Crippen LogP contribution in [0.4, 0.5) is 10.9 Å². The van der Waals surface area contributed by atoms with E-state index in [4.69, 9.17) is 0 Å². The molecule has 0 amide bonds. The molecule has 2 aromatic heterocycles. The van der Waals surface area contributed by atoms with Crippen LogP contribution < -0.4 is 5.32 Å². The van der Waals surface area contributed by atoms with Gasteiger partial charge in [-0.15, -0.1) is 0 Å². The SMILES string of the molecule is Brc1cnc(Nc2nc3ccccc3s2)cn1. The fraction of sp³-hybridized carbons (Fsp3) is 0. The second-order valence-electron chi connectivity index (χ2n) is 3.34. The third kappa shape index (κ3) is 2.27. The first-order valence-corrected chi connectivity index (χ1v) is 6.52. The van der Waals surface area contributed by atoms with E-state index in [1.54, 1.807) is 23.7 Å². The fourth-order valence-corrected chi connectivity index (χ4v) is 2.49. The maximum absolute atomic E-state index is 4.46. The zero-order valence-corrected chi connectivity index (χ0v) is 11.0. The van der Waals surface area contributed by atoms with Crippen molar-refractivity contribution in [2.45, 2.75) is 0 Å². The van der Waals surface area contributed by atoms with Crippen LogP contribution in [0.15, 0.2) is 41.3 Å². The van der Waals surface area contributed by atoms with E-state index in [0.717, 1.165) is 15.3 Å². The number of thiazole rings is 1. The van der Waals surface area contributed by atoms with E-state index in [1.807, 2.05) is 24.3 Å². The third-order valence-corrected chi connectivity index (χ3v) is 3.51. The Hall–Kier alpha value is -1.53. The summed E-state index contributed by atoms with van der Waals surface area (Å²) in [6.45, 7) is 0. The number of aromatic nitrogens is 3. The van der Waals surface area contributed by atoms with Crippen molar-refractivity contribution in [3.63, 3.8) is 0 Å². The van der Waals surface area contributed by atoms with Crippen molar-refractivity contribution < 1.29 is 0 Å². The van der Waals surface area contributed by atoms with E-state index in [-0.39, 0.29) is 0 Å². The molecular weight excluding hydrogens is 300 g/mol. The summed E-state index contributed by atoms with van der Waals surface area (Å²) in [6.07, 6.45) is 3.31. The zero-order valence-electron chi connectivity index (χ0n) is 8.59. The van der Waals surface area contributed by atoms with Crippen LogP contribution in [-0.4, -0.2) is 15.0 Å². The van der Waals surface area contributed by atoms with Crippen molar-refractivity contribution in [2.75, 3.05) is 5.32 Å². The number of hydrogen-bond donors (Lipinski definition) is 1. The van der Waals surface area contributed by atoms with Crippen LogP contribution >= 0.6 is 27.3 Å². The molecule has 0 atom stereocenters. The van der Waals surface area contributed by atoms with Crippen LogP contribution in [0.3, 0.4) is 0 Å². The maximum atomic E-state index is 4.46. The molecule has 17 heavy (non-hydrogen) atoms. The summed E-state index contributed by atoms with van der Waals surface area (Å²) in [7, 11) is 0. The lowest BCUT2D eigenvalue weighted by Crippen LogP contribution is -1.93. The normalized spacial score (nSPS) is 10.6.